The number of aromatic nitrogens is 1. The second kappa shape index (κ2) is 10.1. The van der Waals surface area contributed by atoms with Gasteiger partial charge in [-0.25, -0.2) is 9.18 Å². The Morgan fingerprint density at radius 2 is 1.55 bits per heavy atom. The molecule has 1 N–H and O–H groups in total. The maximum Gasteiger partial charge on any atom is 0.322 e. The van der Waals surface area contributed by atoms with Gasteiger partial charge in [0.15, 0.2) is 0 Å². The highest BCUT2D eigenvalue weighted by atomic mass is 19.1. The number of rotatable bonds is 4. The number of carbonyl (C=O) groups is 2. The number of hydrogen-bond donors (Lipinski definition) is 1. The lowest BCUT2D eigenvalue weighted by Crippen LogP contribution is -2.40. The number of benzene rings is 2. The maximum atomic E-state index is 14.0. The first-order valence-electron chi connectivity index (χ1n) is 10.9. The molecular weight excluding hydrogens is 423 g/mol. The molecule has 0 unspecified atom stereocenters. The average molecular weight is 448 g/mol. The predicted molar refractivity (Wildman–Crippen MR) is 124 cm³/mol. The van der Waals surface area contributed by atoms with Crippen LogP contribution in [0.5, 0.6) is 0 Å². The van der Waals surface area contributed by atoms with Crippen LogP contribution in [0.15, 0.2) is 77.7 Å². The number of carbonyl (C=O) groups excluding carboxylic acids is 2. The van der Waals surface area contributed by atoms with E-state index in [-0.39, 0.29) is 35.8 Å². The largest absolute Gasteiger partial charge is 0.337 e. The van der Waals surface area contributed by atoms with E-state index in [9.17, 15) is 18.8 Å². The molecule has 0 aliphatic carbocycles. The highest BCUT2D eigenvalue weighted by Gasteiger charge is 2.24. The Morgan fingerprint density at radius 1 is 0.848 bits per heavy atom. The number of urea groups is 1. The summed E-state index contributed by atoms with van der Waals surface area (Å²) in [7, 11) is 0. The zero-order valence-corrected chi connectivity index (χ0v) is 18.1. The van der Waals surface area contributed by atoms with Crippen molar-refractivity contribution >= 4 is 17.6 Å². The van der Waals surface area contributed by atoms with Crippen molar-refractivity contribution in [1.82, 2.24) is 14.4 Å². The Labute approximate surface area is 191 Å². The number of pyridine rings is 1. The van der Waals surface area contributed by atoms with Crippen LogP contribution < -0.4 is 10.9 Å². The summed E-state index contributed by atoms with van der Waals surface area (Å²) in [5.74, 6) is -0.945. The van der Waals surface area contributed by atoms with Crippen LogP contribution in [-0.4, -0.2) is 52.5 Å². The molecule has 8 heteroatoms. The van der Waals surface area contributed by atoms with Crippen molar-refractivity contribution in [2.75, 3.05) is 31.5 Å². The molecule has 1 aromatic heterocycles. The van der Waals surface area contributed by atoms with Crippen LogP contribution in [0.1, 0.15) is 22.3 Å². The molecule has 0 saturated carbocycles. The fraction of sp³-hybridized carbons (Fsp3) is 0.240. The number of hydrogen-bond acceptors (Lipinski definition) is 3. The normalized spacial score (nSPS) is 14.0. The van der Waals surface area contributed by atoms with E-state index in [1.807, 2.05) is 30.3 Å². The molecule has 0 atom stereocenters. The van der Waals surface area contributed by atoms with Crippen molar-refractivity contribution in [3.63, 3.8) is 0 Å². The van der Waals surface area contributed by atoms with E-state index < -0.39 is 11.8 Å². The minimum atomic E-state index is -0.558. The number of nitrogens with zero attached hydrogens (tertiary/aromatic N) is 3. The Bertz CT molecular complexity index is 1200. The lowest BCUT2D eigenvalue weighted by molar-refractivity contribution is 0.0758. The topological polar surface area (TPSA) is 74.7 Å². The lowest BCUT2D eigenvalue weighted by Gasteiger charge is -2.22. The summed E-state index contributed by atoms with van der Waals surface area (Å²) in [5.41, 5.74) is 0.914. The van der Waals surface area contributed by atoms with E-state index in [1.54, 1.807) is 38.8 Å². The molecule has 170 valence electrons. The van der Waals surface area contributed by atoms with Gasteiger partial charge < -0.3 is 19.7 Å². The molecular formula is C25H25FN4O3. The van der Waals surface area contributed by atoms with Gasteiger partial charge >= 0.3 is 6.03 Å². The van der Waals surface area contributed by atoms with E-state index in [2.05, 4.69) is 5.32 Å². The molecule has 1 aliphatic heterocycles. The summed E-state index contributed by atoms with van der Waals surface area (Å²) in [6.45, 7) is 1.83. The van der Waals surface area contributed by atoms with Crippen molar-refractivity contribution in [1.29, 1.82) is 0 Å². The highest BCUT2D eigenvalue weighted by Crippen LogP contribution is 2.13. The Kier molecular flexibility index (Phi) is 6.83. The highest BCUT2D eigenvalue weighted by molar-refractivity contribution is 5.94. The molecule has 3 amide bonds. The van der Waals surface area contributed by atoms with Crippen LogP contribution in [0.2, 0.25) is 0 Å². The minimum absolute atomic E-state index is 0.0265. The summed E-state index contributed by atoms with van der Waals surface area (Å²) in [5, 5.41) is 2.71. The van der Waals surface area contributed by atoms with Crippen molar-refractivity contribution < 1.29 is 14.0 Å². The number of amides is 3. The van der Waals surface area contributed by atoms with Gasteiger partial charge in [0.2, 0.25) is 0 Å². The molecule has 0 spiro atoms. The first kappa shape index (κ1) is 22.3. The third-order valence-corrected chi connectivity index (χ3v) is 5.63. The van der Waals surface area contributed by atoms with Crippen LogP contribution in [-0.2, 0) is 6.54 Å². The van der Waals surface area contributed by atoms with Crippen molar-refractivity contribution in [2.24, 2.45) is 0 Å². The van der Waals surface area contributed by atoms with Gasteiger partial charge in [-0.05, 0) is 36.2 Å². The Balaban J connectivity index is 1.40. The molecule has 3 aromatic rings. The third-order valence-electron chi connectivity index (χ3n) is 5.63. The molecule has 1 aliphatic rings. The summed E-state index contributed by atoms with van der Waals surface area (Å²) < 4.78 is 15.5. The van der Waals surface area contributed by atoms with Gasteiger partial charge in [-0.1, -0.05) is 42.5 Å². The predicted octanol–water partition coefficient (Wildman–Crippen LogP) is 3.42. The molecule has 2 heterocycles. The van der Waals surface area contributed by atoms with Crippen LogP contribution in [0, 0.1) is 5.82 Å². The van der Waals surface area contributed by atoms with Crippen molar-refractivity contribution in [3.05, 3.63) is 100 Å². The van der Waals surface area contributed by atoms with Crippen LogP contribution >= 0.6 is 0 Å². The van der Waals surface area contributed by atoms with Gasteiger partial charge in [0.05, 0.1) is 12.1 Å². The van der Waals surface area contributed by atoms with E-state index in [1.165, 1.54) is 18.2 Å². The van der Waals surface area contributed by atoms with Crippen LogP contribution in [0.3, 0.4) is 0 Å². The quantitative estimate of drug-likeness (QED) is 0.665. The third kappa shape index (κ3) is 5.28. The van der Waals surface area contributed by atoms with Gasteiger partial charge in [-0.3, -0.25) is 9.59 Å². The standard InChI is InChI=1S/C25H25FN4O3/c26-21-11-5-4-10-20(21)23(31)28-14-7-15-29(17-16-28)25(33)27-22-12-6-13-30(24(22)32)18-19-8-2-1-3-9-19/h1-6,8-13H,7,14-18H2,(H,27,33). The van der Waals surface area contributed by atoms with Crippen molar-refractivity contribution in [3.8, 4) is 0 Å². The Hall–Kier alpha value is -3.94. The maximum absolute atomic E-state index is 14.0. The molecule has 0 bridgehead atoms. The van der Waals surface area contributed by atoms with Gasteiger partial charge in [-0.15, -0.1) is 0 Å². The summed E-state index contributed by atoms with van der Waals surface area (Å²) in [4.78, 5) is 41.5. The minimum Gasteiger partial charge on any atom is -0.337 e. The Morgan fingerprint density at radius 3 is 2.33 bits per heavy atom. The molecule has 2 aromatic carbocycles. The molecule has 4 rings (SSSR count). The fourth-order valence-electron chi connectivity index (χ4n) is 3.86. The second-order valence-electron chi connectivity index (χ2n) is 7.88. The SMILES string of the molecule is O=C(Nc1cccn(Cc2ccccc2)c1=O)N1CCCN(C(=O)c2ccccc2F)CC1. The van der Waals surface area contributed by atoms with Gasteiger partial charge in [-0.2, -0.15) is 0 Å². The summed E-state index contributed by atoms with van der Waals surface area (Å²) in [6, 6.07) is 18.4. The zero-order valence-electron chi connectivity index (χ0n) is 18.1. The first-order chi connectivity index (χ1) is 16.0. The second-order valence-corrected chi connectivity index (χ2v) is 7.88. The fourth-order valence-corrected chi connectivity index (χ4v) is 3.86. The van der Waals surface area contributed by atoms with E-state index in [0.29, 0.717) is 26.1 Å². The molecule has 1 saturated heterocycles. The van der Waals surface area contributed by atoms with Crippen molar-refractivity contribution in [2.45, 2.75) is 13.0 Å². The monoisotopic (exact) mass is 448 g/mol. The molecule has 7 nitrogen and oxygen atoms in total. The van der Waals surface area contributed by atoms with Gasteiger partial charge in [0.1, 0.15) is 11.5 Å². The van der Waals surface area contributed by atoms with Gasteiger partial charge in [0.25, 0.3) is 11.5 Å². The summed E-state index contributed by atoms with van der Waals surface area (Å²) in [6.07, 6.45) is 2.24. The van der Waals surface area contributed by atoms with E-state index in [4.69, 9.17) is 0 Å². The number of halogens is 1. The van der Waals surface area contributed by atoms with E-state index in [0.717, 1.165) is 5.56 Å². The van der Waals surface area contributed by atoms with Gasteiger partial charge in [0, 0.05) is 32.4 Å². The zero-order chi connectivity index (χ0) is 23.2. The summed E-state index contributed by atoms with van der Waals surface area (Å²) >= 11 is 0. The molecule has 33 heavy (non-hydrogen) atoms. The van der Waals surface area contributed by atoms with Crippen LogP contribution in [0.25, 0.3) is 0 Å². The number of anilines is 1. The number of nitrogens with one attached hydrogen (secondary N) is 1. The molecule has 0 radical (unpaired) electrons. The molecule has 1 fully saturated rings. The van der Waals surface area contributed by atoms with E-state index >= 15 is 0 Å². The smallest absolute Gasteiger partial charge is 0.322 e. The first-order valence-corrected chi connectivity index (χ1v) is 10.9. The lowest BCUT2D eigenvalue weighted by atomic mass is 10.2. The average Bonchev–Trinajstić information content (AvgIpc) is 3.09. The van der Waals surface area contributed by atoms with Crippen LogP contribution in [0.4, 0.5) is 14.9 Å².